The van der Waals surface area contributed by atoms with Crippen LogP contribution in [0.2, 0.25) is 0 Å². The van der Waals surface area contributed by atoms with Crippen molar-refractivity contribution in [3.63, 3.8) is 0 Å². The average Bonchev–Trinajstić information content (AvgIpc) is 2.24. The normalized spacial score (nSPS) is 9.88. The molecule has 0 aliphatic rings. The quantitative estimate of drug-likeness (QED) is 0.798. The highest BCUT2D eigenvalue weighted by molar-refractivity contribution is 7.80. The zero-order valence-corrected chi connectivity index (χ0v) is 9.63. The fraction of sp³-hybridized carbons (Fsp3) is 0.300. The van der Waals surface area contributed by atoms with Crippen molar-refractivity contribution in [3.8, 4) is 0 Å². The zero-order valence-electron chi connectivity index (χ0n) is 8.81. The summed E-state index contributed by atoms with van der Waals surface area (Å²) in [5.74, 6) is -0.875. The van der Waals surface area contributed by atoms with Crippen molar-refractivity contribution in [3.05, 3.63) is 29.8 Å². The highest BCUT2D eigenvalue weighted by atomic mass is 32.1. The van der Waals surface area contributed by atoms with Crippen LogP contribution in [0.1, 0.15) is 17.3 Å². The molecule has 0 saturated heterocycles. The minimum Gasteiger partial charge on any atom is -0.392 e. The highest BCUT2D eigenvalue weighted by Crippen LogP contribution is 2.05. The fourth-order valence-electron chi connectivity index (χ4n) is 1.23. The number of hydrogen-bond acceptors (Lipinski definition) is 3. The van der Waals surface area contributed by atoms with Gasteiger partial charge in [0.1, 0.15) is 5.82 Å². The van der Waals surface area contributed by atoms with E-state index in [0.717, 1.165) is 12.3 Å². The number of thiocarbonyl (C=S) groups is 1. The summed E-state index contributed by atoms with van der Waals surface area (Å²) in [6.07, 6.45) is 2.36. The average molecular weight is 241 g/mol. The van der Waals surface area contributed by atoms with Crippen LogP contribution in [-0.2, 0) is 0 Å². The molecule has 1 aromatic rings. The first-order valence-corrected chi connectivity index (χ1v) is 5.13. The minimum atomic E-state index is -0.544. The predicted octanol–water partition coefficient (Wildman–Crippen LogP) is 0.969. The first kappa shape index (κ1) is 12.5. The number of carbonyl (C=O) groups excluding carboxylic acids is 1. The molecule has 0 radical (unpaired) electrons. The van der Waals surface area contributed by atoms with Crippen LogP contribution in [0.15, 0.2) is 18.5 Å². The predicted molar refractivity (Wildman–Crippen MR) is 62.6 cm³/mol. The number of aromatic nitrogens is 1. The molecule has 2 N–H and O–H groups in total. The SMILES string of the molecule is CCN(CC(N)=S)C(=O)c1cncc(F)c1. The number of carbonyl (C=O) groups is 1. The Kier molecular flexibility index (Phi) is 4.30. The first-order valence-electron chi connectivity index (χ1n) is 4.72. The van der Waals surface area contributed by atoms with Gasteiger partial charge in [-0.2, -0.15) is 0 Å². The molecule has 0 aromatic carbocycles. The summed E-state index contributed by atoms with van der Waals surface area (Å²) >= 11 is 4.73. The summed E-state index contributed by atoms with van der Waals surface area (Å²) in [5.41, 5.74) is 5.56. The maximum absolute atomic E-state index is 12.9. The van der Waals surface area contributed by atoms with Gasteiger partial charge < -0.3 is 10.6 Å². The molecule has 16 heavy (non-hydrogen) atoms. The molecule has 0 saturated carbocycles. The summed E-state index contributed by atoms with van der Waals surface area (Å²) in [6, 6.07) is 1.14. The van der Waals surface area contributed by atoms with Gasteiger partial charge >= 0.3 is 0 Å². The summed E-state index contributed by atoms with van der Waals surface area (Å²) < 4.78 is 12.9. The fourth-order valence-corrected chi connectivity index (χ4v) is 1.38. The Hall–Kier alpha value is -1.56. The van der Waals surface area contributed by atoms with Crippen molar-refractivity contribution in [2.75, 3.05) is 13.1 Å². The van der Waals surface area contributed by atoms with Crippen LogP contribution in [0, 0.1) is 5.82 Å². The standard InChI is InChI=1S/C10H12FN3OS/c1-2-14(6-9(12)16)10(15)7-3-8(11)5-13-4-7/h3-5H,2,6H2,1H3,(H2,12,16). The van der Waals surface area contributed by atoms with Crippen LogP contribution in [0.3, 0.4) is 0 Å². The summed E-state index contributed by atoms with van der Waals surface area (Å²) in [4.78, 5) is 17.1. The van der Waals surface area contributed by atoms with E-state index in [4.69, 9.17) is 18.0 Å². The van der Waals surface area contributed by atoms with Crippen molar-refractivity contribution >= 4 is 23.1 Å². The molecule has 1 amide bonds. The second kappa shape index (κ2) is 5.50. The van der Waals surface area contributed by atoms with Gasteiger partial charge in [-0.25, -0.2) is 4.39 Å². The molecule has 1 rings (SSSR count). The summed E-state index contributed by atoms with van der Waals surface area (Å²) in [7, 11) is 0. The van der Waals surface area contributed by atoms with Crippen LogP contribution < -0.4 is 5.73 Å². The Labute approximate surface area is 98.3 Å². The van der Waals surface area contributed by atoms with Crippen LogP contribution >= 0.6 is 12.2 Å². The summed E-state index contributed by atoms with van der Waals surface area (Å²) in [6.45, 7) is 2.43. The van der Waals surface area contributed by atoms with E-state index in [9.17, 15) is 9.18 Å². The number of hydrogen-bond donors (Lipinski definition) is 1. The van der Waals surface area contributed by atoms with Gasteiger partial charge in [-0.15, -0.1) is 0 Å². The van der Waals surface area contributed by atoms with Gasteiger partial charge in [0, 0.05) is 12.7 Å². The Balaban J connectivity index is 2.86. The maximum atomic E-state index is 12.9. The Morgan fingerprint density at radius 1 is 1.62 bits per heavy atom. The molecule has 0 unspecified atom stereocenters. The molecule has 0 aliphatic heterocycles. The minimum absolute atomic E-state index is 0.182. The lowest BCUT2D eigenvalue weighted by Gasteiger charge is -2.19. The smallest absolute Gasteiger partial charge is 0.255 e. The molecule has 0 aliphatic carbocycles. The number of amides is 1. The molecule has 4 nitrogen and oxygen atoms in total. The third-order valence-corrected chi connectivity index (χ3v) is 2.10. The Morgan fingerprint density at radius 3 is 2.81 bits per heavy atom. The van der Waals surface area contributed by atoms with E-state index in [2.05, 4.69) is 4.98 Å². The number of likely N-dealkylation sites (N-methyl/N-ethyl adjacent to an activating group) is 1. The molecule has 1 heterocycles. The largest absolute Gasteiger partial charge is 0.392 e. The van der Waals surface area contributed by atoms with Gasteiger partial charge in [0.2, 0.25) is 0 Å². The van der Waals surface area contributed by atoms with Gasteiger partial charge in [-0.3, -0.25) is 9.78 Å². The number of pyridine rings is 1. The number of nitrogens with two attached hydrogens (primary N) is 1. The van der Waals surface area contributed by atoms with Gasteiger partial charge in [0.05, 0.1) is 23.3 Å². The first-order chi connectivity index (χ1) is 7.54. The van der Waals surface area contributed by atoms with Gasteiger partial charge in [-0.05, 0) is 13.0 Å². The Bertz CT molecular complexity index is 411. The Morgan fingerprint density at radius 2 is 2.31 bits per heavy atom. The lowest BCUT2D eigenvalue weighted by molar-refractivity contribution is 0.0787. The molecule has 0 spiro atoms. The number of halogens is 1. The van der Waals surface area contributed by atoms with Gasteiger partial charge in [-0.1, -0.05) is 12.2 Å². The van der Waals surface area contributed by atoms with Crippen LogP contribution in [0.4, 0.5) is 4.39 Å². The van der Waals surface area contributed by atoms with Gasteiger partial charge in [0.15, 0.2) is 0 Å². The van der Waals surface area contributed by atoms with E-state index in [1.807, 2.05) is 0 Å². The second-order valence-corrected chi connectivity index (χ2v) is 3.70. The third kappa shape index (κ3) is 3.23. The van der Waals surface area contributed by atoms with E-state index in [1.165, 1.54) is 11.1 Å². The van der Waals surface area contributed by atoms with Crippen molar-refractivity contribution in [2.24, 2.45) is 5.73 Å². The molecule has 6 heteroatoms. The molecule has 0 fully saturated rings. The zero-order chi connectivity index (χ0) is 12.1. The summed E-state index contributed by atoms with van der Waals surface area (Å²) in [5, 5.41) is 0. The van der Waals surface area contributed by atoms with Crippen LogP contribution in [0.5, 0.6) is 0 Å². The molecular weight excluding hydrogens is 229 g/mol. The van der Waals surface area contributed by atoms with Crippen LogP contribution in [-0.4, -0.2) is 33.9 Å². The monoisotopic (exact) mass is 241 g/mol. The lowest BCUT2D eigenvalue weighted by Crippen LogP contribution is -2.37. The van der Waals surface area contributed by atoms with E-state index >= 15 is 0 Å². The maximum Gasteiger partial charge on any atom is 0.255 e. The van der Waals surface area contributed by atoms with Crippen molar-refractivity contribution in [1.29, 1.82) is 0 Å². The van der Waals surface area contributed by atoms with E-state index in [0.29, 0.717) is 6.54 Å². The van der Waals surface area contributed by atoms with E-state index in [-0.39, 0.29) is 23.0 Å². The molecule has 86 valence electrons. The van der Waals surface area contributed by atoms with Crippen molar-refractivity contribution in [1.82, 2.24) is 9.88 Å². The molecular formula is C10H12FN3OS. The van der Waals surface area contributed by atoms with Crippen molar-refractivity contribution < 1.29 is 9.18 Å². The highest BCUT2D eigenvalue weighted by Gasteiger charge is 2.15. The van der Waals surface area contributed by atoms with Gasteiger partial charge in [0.25, 0.3) is 5.91 Å². The topological polar surface area (TPSA) is 59.2 Å². The number of nitrogens with zero attached hydrogens (tertiary/aromatic N) is 2. The second-order valence-electron chi connectivity index (χ2n) is 3.18. The third-order valence-electron chi connectivity index (χ3n) is 1.97. The molecule has 1 aromatic heterocycles. The molecule has 0 atom stereocenters. The lowest BCUT2D eigenvalue weighted by atomic mass is 10.2. The van der Waals surface area contributed by atoms with Crippen molar-refractivity contribution in [2.45, 2.75) is 6.92 Å². The van der Waals surface area contributed by atoms with Crippen LogP contribution in [0.25, 0.3) is 0 Å². The van der Waals surface area contributed by atoms with E-state index < -0.39 is 5.82 Å². The molecule has 0 bridgehead atoms. The number of rotatable bonds is 4. The van der Waals surface area contributed by atoms with E-state index in [1.54, 1.807) is 6.92 Å².